The van der Waals surface area contributed by atoms with Gasteiger partial charge in [0.25, 0.3) is 0 Å². The topological polar surface area (TPSA) is 37.8 Å². The van der Waals surface area contributed by atoms with Crippen molar-refractivity contribution in [3.8, 4) is 10.6 Å². The van der Waals surface area contributed by atoms with E-state index in [2.05, 4.69) is 15.5 Å². The van der Waals surface area contributed by atoms with Gasteiger partial charge in [0.2, 0.25) is 0 Å². The van der Waals surface area contributed by atoms with Crippen LogP contribution < -0.4 is 5.32 Å². The van der Waals surface area contributed by atoms with Crippen LogP contribution in [0.2, 0.25) is 0 Å². The Kier molecular flexibility index (Phi) is 2.86. The Labute approximate surface area is 86.8 Å². The summed E-state index contributed by atoms with van der Waals surface area (Å²) in [5.74, 6) is 0. The largest absolute Gasteiger partial charge is 0.313 e. The number of nitrogens with zero attached hydrogens (tertiary/aromatic N) is 2. The molecule has 3 nitrogen and oxygen atoms in total. The van der Waals surface area contributed by atoms with E-state index in [1.54, 1.807) is 11.3 Å². The summed E-state index contributed by atoms with van der Waals surface area (Å²) in [5, 5.41) is 13.3. The van der Waals surface area contributed by atoms with Crippen LogP contribution in [0.1, 0.15) is 5.01 Å². The first-order valence-electron chi connectivity index (χ1n) is 4.42. The third-order valence-corrected chi connectivity index (χ3v) is 2.79. The molecule has 72 valence electrons. The van der Waals surface area contributed by atoms with Crippen LogP contribution in [0.25, 0.3) is 10.6 Å². The molecule has 2 aromatic rings. The van der Waals surface area contributed by atoms with Gasteiger partial charge >= 0.3 is 0 Å². The van der Waals surface area contributed by atoms with Crippen LogP contribution in [0.4, 0.5) is 0 Å². The zero-order valence-corrected chi connectivity index (χ0v) is 8.71. The molecule has 0 aliphatic heterocycles. The summed E-state index contributed by atoms with van der Waals surface area (Å²) in [7, 11) is 1.91. The van der Waals surface area contributed by atoms with Crippen LogP contribution in [0.3, 0.4) is 0 Å². The highest BCUT2D eigenvalue weighted by Crippen LogP contribution is 2.22. The molecule has 0 spiro atoms. The first kappa shape index (κ1) is 9.30. The third-order valence-electron chi connectivity index (χ3n) is 1.82. The average Bonchev–Trinajstić information content (AvgIpc) is 2.68. The second-order valence-corrected chi connectivity index (χ2v) is 3.96. The Hall–Kier alpha value is -1.26. The second kappa shape index (κ2) is 4.30. The van der Waals surface area contributed by atoms with Crippen molar-refractivity contribution in [1.29, 1.82) is 0 Å². The molecule has 1 aromatic carbocycles. The van der Waals surface area contributed by atoms with Crippen molar-refractivity contribution in [3.63, 3.8) is 0 Å². The molecule has 4 heteroatoms. The molecule has 0 unspecified atom stereocenters. The van der Waals surface area contributed by atoms with E-state index in [0.29, 0.717) is 0 Å². The first-order valence-corrected chi connectivity index (χ1v) is 5.24. The Bertz CT molecular complexity index is 397. The highest BCUT2D eigenvalue weighted by molar-refractivity contribution is 7.14. The van der Waals surface area contributed by atoms with Gasteiger partial charge in [-0.1, -0.05) is 41.7 Å². The lowest BCUT2D eigenvalue weighted by atomic mass is 10.2. The lowest BCUT2D eigenvalue weighted by Crippen LogP contribution is -2.04. The number of rotatable bonds is 3. The predicted octanol–water partition coefficient (Wildman–Crippen LogP) is 1.92. The molecule has 1 aromatic heterocycles. The minimum absolute atomic E-state index is 0.782. The van der Waals surface area contributed by atoms with E-state index in [9.17, 15) is 0 Å². The zero-order valence-electron chi connectivity index (χ0n) is 7.90. The minimum Gasteiger partial charge on any atom is -0.313 e. The number of aromatic nitrogens is 2. The van der Waals surface area contributed by atoms with Crippen molar-refractivity contribution < 1.29 is 0 Å². The molecule has 0 bridgehead atoms. The number of hydrogen-bond donors (Lipinski definition) is 1. The Morgan fingerprint density at radius 1 is 1.21 bits per heavy atom. The van der Waals surface area contributed by atoms with Crippen molar-refractivity contribution in [2.45, 2.75) is 6.54 Å². The normalized spacial score (nSPS) is 10.4. The van der Waals surface area contributed by atoms with Gasteiger partial charge in [-0.3, -0.25) is 0 Å². The number of nitrogens with one attached hydrogen (secondary N) is 1. The summed E-state index contributed by atoms with van der Waals surface area (Å²) in [5.41, 5.74) is 1.13. The third kappa shape index (κ3) is 1.97. The minimum atomic E-state index is 0.782. The monoisotopic (exact) mass is 205 g/mol. The summed E-state index contributed by atoms with van der Waals surface area (Å²) >= 11 is 1.63. The van der Waals surface area contributed by atoms with Gasteiger partial charge in [-0.2, -0.15) is 0 Å². The fraction of sp³-hybridized carbons (Fsp3) is 0.200. The SMILES string of the molecule is CNCc1nnc(-c2ccccc2)s1. The average molecular weight is 205 g/mol. The van der Waals surface area contributed by atoms with Gasteiger partial charge in [0.1, 0.15) is 10.0 Å². The van der Waals surface area contributed by atoms with E-state index < -0.39 is 0 Å². The Morgan fingerprint density at radius 2 is 2.00 bits per heavy atom. The van der Waals surface area contributed by atoms with Crippen LogP contribution in [-0.2, 0) is 6.54 Å². The quantitative estimate of drug-likeness (QED) is 0.832. The van der Waals surface area contributed by atoms with E-state index in [4.69, 9.17) is 0 Å². The number of benzene rings is 1. The van der Waals surface area contributed by atoms with Gasteiger partial charge in [-0.15, -0.1) is 10.2 Å². The van der Waals surface area contributed by atoms with Crippen LogP contribution >= 0.6 is 11.3 Å². The maximum atomic E-state index is 4.13. The zero-order chi connectivity index (χ0) is 9.80. The van der Waals surface area contributed by atoms with Crippen molar-refractivity contribution in [2.24, 2.45) is 0 Å². The molecule has 0 aliphatic carbocycles. The summed E-state index contributed by atoms with van der Waals surface area (Å²) in [4.78, 5) is 0. The van der Waals surface area contributed by atoms with Crippen LogP contribution in [0, 0.1) is 0 Å². The van der Waals surface area contributed by atoms with Gasteiger partial charge < -0.3 is 5.32 Å². The molecule has 0 saturated heterocycles. The highest BCUT2D eigenvalue weighted by atomic mass is 32.1. The van der Waals surface area contributed by atoms with Crippen LogP contribution in [-0.4, -0.2) is 17.2 Å². The molecule has 0 saturated carbocycles. The van der Waals surface area contributed by atoms with E-state index in [1.807, 2.05) is 37.4 Å². The van der Waals surface area contributed by atoms with Crippen LogP contribution in [0.15, 0.2) is 30.3 Å². The molecule has 2 rings (SSSR count). The van der Waals surface area contributed by atoms with E-state index in [1.165, 1.54) is 0 Å². The molecule has 1 N–H and O–H groups in total. The number of hydrogen-bond acceptors (Lipinski definition) is 4. The molecule has 0 radical (unpaired) electrons. The molecule has 0 aliphatic rings. The molecule has 0 atom stereocenters. The van der Waals surface area contributed by atoms with Crippen molar-refractivity contribution in [3.05, 3.63) is 35.3 Å². The highest BCUT2D eigenvalue weighted by Gasteiger charge is 2.04. The Balaban J connectivity index is 2.25. The van der Waals surface area contributed by atoms with Gasteiger partial charge in [0, 0.05) is 12.1 Å². The molecular formula is C10H11N3S. The van der Waals surface area contributed by atoms with Crippen LogP contribution in [0.5, 0.6) is 0 Å². The molecular weight excluding hydrogens is 194 g/mol. The predicted molar refractivity (Wildman–Crippen MR) is 58.1 cm³/mol. The first-order chi connectivity index (χ1) is 6.90. The van der Waals surface area contributed by atoms with E-state index >= 15 is 0 Å². The van der Waals surface area contributed by atoms with Crippen molar-refractivity contribution >= 4 is 11.3 Å². The summed E-state index contributed by atoms with van der Waals surface area (Å²) < 4.78 is 0. The fourth-order valence-corrected chi connectivity index (χ4v) is 2.03. The molecule has 0 fully saturated rings. The molecule has 0 amide bonds. The maximum absolute atomic E-state index is 4.13. The lowest BCUT2D eigenvalue weighted by Gasteiger charge is -1.91. The van der Waals surface area contributed by atoms with Crippen molar-refractivity contribution in [1.82, 2.24) is 15.5 Å². The van der Waals surface area contributed by atoms with Gasteiger partial charge in [-0.25, -0.2) is 0 Å². The van der Waals surface area contributed by atoms with E-state index in [0.717, 1.165) is 22.1 Å². The summed E-state index contributed by atoms with van der Waals surface area (Å²) in [6.45, 7) is 0.782. The molecule has 14 heavy (non-hydrogen) atoms. The smallest absolute Gasteiger partial charge is 0.147 e. The van der Waals surface area contributed by atoms with Gasteiger partial charge in [-0.05, 0) is 7.05 Å². The van der Waals surface area contributed by atoms with Crippen molar-refractivity contribution in [2.75, 3.05) is 7.05 Å². The maximum Gasteiger partial charge on any atom is 0.147 e. The van der Waals surface area contributed by atoms with Gasteiger partial charge in [0.05, 0.1) is 0 Å². The molecule has 1 heterocycles. The summed E-state index contributed by atoms with van der Waals surface area (Å²) in [6.07, 6.45) is 0. The fourth-order valence-electron chi connectivity index (χ4n) is 1.17. The lowest BCUT2D eigenvalue weighted by molar-refractivity contribution is 0.795. The van der Waals surface area contributed by atoms with Gasteiger partial charge in [0.15, 0.2) is 0 Å². The summed E-state index contributed by atoms with van der Waals surface area (Å²) in [6, 6.07) is 10.1. The van der Waals surface area contributed by atoms with E-state index in [-0.39, 0.29) is 0 Å². The standard InChI is InChI=1S/C10H11N3S/c1-11-7-9-12-13-10(14-9)8-5-3-2-4-6-8/h2-6,11H,7H2,1H3. The Morgan fingerprint density at radius 3 is 2.71 bits per heavy atom. The second-order valence-electron chi connectivity index (χ2n) is 2.90.